The summed E-state index contributed by atoms with van der Waals surface area (Å²) in [6, 6.07) is 6.84. The molecule has 1 fully saturated rings. The predicted octanol–water partition coefficient (Wildman–Crippen LogP) is 2.29. The molecule has 1 aliphatic rings. The van der Waals surface area contributed by atoms with Gasteiger partial charge in [0.15, 0.2) is 0 Å². The summed E-state index contributed by atoms with van der Waals surface area (Å²) < 4.78 is 41.4. The van der Waals surface area contributed by atoms with Gasteiger partial charge in [-0.2, -0.15) is 18.4 Å². The second-order valence-electron chi connectivity index (χ2n) is 9.53. The Morgan fingerprint density at radius 1 is 1.35 bits per heavy atom. The van der Waals surface area contributed by atoms with E-state index in [0.29, 0.717) is 31.3 Å². The number of methoxy groups -OCH3 is 1. The molecule has 1 aromatic rings. The van der Waals surface area contributed by atoms with Crippen LogP contribution < -0.4 is 16.0 Å². The van der Waals surface area contributed by atoms with E-state index in [4.69, 9.17) is 4.74 Å². The zero-order valence-corrected chi connectivity index (χ0v) is 23.8. The molecule has 0 aliphatic carbocycles. The summed E-state index contributed by atoms with van der Waals surface area (Å²) in [4.78, 5) is 45.5. The number of nitriles is 1. The maximum Gasteiger partial charge on any atom is 0.405 e. The van der Waals surface area contributed by atoms with E-state index >= 15 is 0 Å². The topological polar surface area (TPSA) is 140 Å². The lowest BCUT2D eigenvalue weighted by atomic mass is 10.0. The van der Waals surface area contributed by atoms with Gasteiger partial charge in [0.1, 0.15) is 28.8 Å². The number of hydrogen-bond donors (Lipinski definition) is 3. The molecule has 3 N–H and O–H groups in total. The lowest BCUT2D eigenvalue weighted by molar-refractivity contribution is -0.140. The highest BCUT2D eigenvalue weighted by Gasteiger charge is 2.48. The van der Waals surface area contributed by atoms with Crippen LogP contribution in [0.4, 0.5) is 24.8 Å². The van der Waals surface area contributed by atoms with Gasteiger partial charge in [0.25, 0.3) is 0 Å². The van der Waals surface area contributed by atoms with Crippen molar-refractivity contribution in [1.82, 2.24) is 20.1 Å². The number of halogens is 3. The number of aromatic nitrogens is 1. The summed E-state index contributed by atoms with van der Waals surface area (Å²) in [5, 5.41) is 16.6. The Balaban J connectivity index is 1.96. The average molecular weight is 588 g/mol. The normalized spacial score (nSPS) is 19.8. The first-order valence-corrected chi connectivity index (χ1v) is 13.6. The predicted molar refractivity (Wildman–Crippen MR) is 145 cm³/mol. The molecular weight excluding hydrogens is 551 g/mol. The smallest absolute Gasteiger partial charge is 0.383 e. The van der Waals surface area contributed by atoms with E-state index in [1.165, 1.54) is 11.8 Å². The van der Waals surface area contributed by atoms with Crippen LogP contribution in [0.1, 0.15) is 26.7 Å². The molecule has 3 unspecified atom stereocenters. The van der Waals surface area contributed by atoms with Crippen LogP contribution in [0.2, 0.25) is 0 Å². The van der Waals surface area contributed by atoms with E-state index in [-0.39, 0.29) is 43.1 Å². The van der Waals surface area contributed by atoms with Crippen molar-refractivity contribution in [3.05, 3.63) is 18.2 Å². The molecule has 1 aromatic heterocycles. The quantitative estimate of drug-likeness (QED) is 0.282. The summed E-state index contributed by atoms with van der Waals surface area (Å²) in [6.07, 6.45) is -4.30. The minimum absolute atomic E-state index is 0.00903. The van der Waals surface area contributed by atoms with E-state index in [9.17, 15) is 32.8 Å². The Morgan fingerprint density at radius 3 is 2.67 bits per heavy atom. The number of likely N-dealkylation sites (N-methyl/N-ethyl adjacent to an activating group) is 1. The molecule has 40 heavy (non-hydrogen) atoms. The number of hydrogen-bond acceptors (Lipinski definition) is 9. The van der Waals surface area contributed by atoms with E-state index < -0.39 is 29.3 Å². The summed E-state index contributed by atoms with van der Waals surface area (Å²) in [5.41, 5.74) is 0. The van der Waals surface area contributed by atoms with Crippen LogP contribution in [0.25, 0.3) is 0 Å². The first kappa shape index (κ1) is 33.1. The van der Waals surface area contributed by atoms with Crippen molar-refractivity contribution in [3.63, 3.8) is 0 Å². The summed E-state index contributed by atoms with van der Waals surface area (Å²) in [7, 11) is 3.39. The van der Waals surface area contributed by atoms with Gasteiger partial charge in [0.05, 0.1) is 24.6 Å². The van der Waals surface area contributed by atoms with Crippen LogP contribution in [0.15, 0.2) is 18.2 Å². The Bertz CT molecular complexity index is 1070. The molecule has 0 bridgehead atoms. The number of anilines is 2. The second-order valence-corrected chi connectivity index (χ2v) is 11.2. The fourth-order valence-corrected chi connectivity index (χ4v) is 5.62. The number of nitrogens with zero attached hydrogens (tertiary/aromatic N) is 4. The number of amides is 3. The Labute approximate surface area is 236 Å². The van der Waals surface area contributed by atoms with Crippen molar-refractivity contribution in [2.24, 2.45) is 5.92 Å². The molecule has 0 aromatic carbocycles. The Kier molecular flexibility index (Phi) is 12.5. The SMILES string of the molecule is CCN1C(=O)C(C)(CNc2cccc(NC(=O)CN(C)CCOC)n2)SC1CCC(C#N)C(=O)NCC(F)(F)F. The number of rotatable bonds is 15. The lowest BCUT2D eigenvalue weighted by Crippen LogP contribution is -2.42. The monoisotopic (exact) mass is 587 g/mol. The van der Waals surface area contributed by atoms with Crippen molar-refractivity contribution >= 4 is 41.1 Å². The molecule has 0 spiro atoms. The number of carbonyl (C=O) groups is 3. The minimum Gasteiger partial charge on any atom is -0.383 e. The number of nitrogens with one attached hydrogen (secondary N) is 3. The van der Waals surface area contributed by atoms with Crippen LogP contribution in [-0.2, 0) is 19.1 Å². The number of thioether (sulfide) groups is 1. The first-order chi connectivity index (χ1) is 18.8. The number of ether oxygens (including phenoxy) is 1. The van der Waals surface area contributed by atoms with E-state index in [1.54, 1.807) is 55.6 Å². The van der Waals surface area contributed by atoms with Gasteiger partial charge >= 0.3 is 6.18 Å². The summed E-state index contributed by atoms with van der Waals surface area (Å²) >= 11 is 1.36. The number of alkyl halides is 3. The van der Waals surface area contributed by atoms with E-state index in [2.05, 4.69) is 15.6 Å². The fourth-order valence-electron chi connectivity index (χ4n) is 4.02. The second kappa shape index (κ2) is 15.1. The third-order valence-corrected chi connectivity index (χ3v) is 7.75. The summed E-state index contributed by atoms with van der Waals surface area (Å²) in [6.45, 7) is 3.94. The Hall–Kier alpha value is -3.09. The molecule has 222 valence electrons. The number of carbonyl (C=O) groups excluding carboxylic acids is 3. The molecule has 1 aliphatic heterocycles. The van der Waals surface area contributed by atoms with Gasteiger partial charge in [-0.3, -0.25) is 19.3 Å². The molecule has 11 nitrogen and oxygen atoms in total. The van der Waals surface area contributed by atoms with Crippen LogP contribution in [0, 0.1) is 17.2 Å². The maximum absolute atomic E-state index is 13.2. The molecule has 3 atom stereocenters. The van der Waals surface area contributed by atoms with Crippen molar-refractivity contribution < 1.29 is 32.3 Å². The van der Waals surface area contributed by atoms with Crippen LogP contribution in [0.3, 0.4) is 0 Å². The third-order valence-electron chi connectivity index (χ3n) is 6.15. The summed E-state index contributed by atoms with van der Waals surface area (Å²) in [5.74, 6) is -1.82. The van der Waals surface area contributed by atoms with Gasteiger partial charge in [-0.15, -0.1) is 11.8 Å². The molecule has 15 heteroatoms. The highest BCUT2D eigenvalue weighted by atomic mass is 32.2. The zero-order chi connectivity index (χ0) is 29.9. The van der Waals surface area contributed by atoms with Crippen molar-refractivity contribution in [2.75, 3.05) is 64.1 Å². The fraction of sp³-hybridized carbons (Fsp3) is 0.640. The molecular formula is C25H36F3N7O4S. The van der Waals surface area contributed by atoms with Gasteiger partial charge in [-0.25, -0.2) is 4.98 Å². The van der Waals surface area contributed by atoms with Crippen LogP contribution in [0.5, 0.6) is 0 Å². The van der Waals surface area contributed by atoms with Crippen molar-refractivity contribution in [2.45, 2.75) is 43.0 Å². The van der Waals surface area contributed by atoms with Gasteiger partial charge in [-0.05, 0) is 45.9 Å². The lowest BCUT2D eigenvalue weighted by Gasteiger charge is -2.23. The van der Waals surface area contributed by atoms with Gasteiger partial charge in [0, 0.05) is 26.7 Å². The highest BCUT2D eigenvalue weighted by molar-refractivity contribution is 8.02. The molecule has 0 saturated carbocycles. The van der Waals surface area contributed by atoms with E-state index in [1.807, 2.05) is 11.8 Å². The van der Waals surface area contributed by atoms with Crippen LogP contribution >= 0.6 is 11.8 Å². The Morgan fingerprint density at radius 2 is 2.05 bits per heavy atom. The van der Waals surface area contributed by atoms with Crippen molar-refractivity contribution in [3.8, 4) is 6.07 Å². The third kappa shape index (κ3) is 10.1. The number of pyridine rings is 1. The average Bonchev–Trinajstić information content (AvgIpc) is 3.14. The molecule has 2 rings (SSSR count). The largest absolute Gasteiger partial charge is 0.405 e. The van der Waals surface area contributed by atoms with Crippen molar-refractivity contribution in [1.29, 1.82) is 5.26 Å². The van der Waals surface area contributed by atoms with Gasteiger partial charge in [0.2, 0.25) is 17.7 Å². The zero-order valence-electron chi connectivity index (χ0n) is 23.0. The van der Waals surface area contributed by atoms with Crippen LogP contribution in [-0.4, -0.2) is 102 Å². The maximum atomic E-state index is 13.2. The standard InChI is InChI=1S/C25H36F3N7O4S/c1-5-35-21(10-9-17(13-29)22(37)31-16-25(26,27)28)40-24(2,23(35)38)15-30-18-7-6-8-19(32-18)33-20(36)14-34(3)11-12-39-4/h6-8,17,21H,5,9-12,14-16H2,1-4H3,(H,31,37)(H2,30,32,33,36). The molecule has 2 heterocycles. The minimum atomic E-state index is -4.57. The van der Waals surface area contributed by atoms with Gasteiger partial charge in [-0.1, -0.05) is 6.07 Å². The van der Waals surface area contributed by atoms with Gasteiger partial charge < -0.3 is 25.6 Å². The first-order valence-electron chi connectivity index (χ1n) is 12.7. The highest BCUT2D eigenvalue weighted by Crippen LogP contribution is 2.43. The molecule has 3 amide bonds. The van der Waals surface area contributed by atoms with E-state index in [0.717, 1.165) is 0 Å². The molecule has 0 radical (unpaired) electrons. The molecule has 1 saturated heterocycles.